The minimum Gasteiger partial charge on any atom is -0.366 e. The normalized spacial score (nSPS) is 10.6. The first kappa shape index (κ1) is 17.6. The molecule has 6 heteroatoms. The van der Waals surface area contributed by atoms with E-state index in [0.29, 0.717) is 23.6 Å². The Balaban J connectivity index is 1.68. The highest BCUT2D eigenvalue weighted by Crippen LogP contribution is 2.23. The zero-order chi connectivity index (χ0) is 19.3. The van der Waals surface area contributed by atoms with E-state index < -0.39 is 0 Å². The van der Waals surface area contributed by atoms with Crippen molar-refractivity contribution in [3.05, 3.63) is 102 Å². The van der Waals surface area contributed by atoms with E-state index in [0.717, 1.165) is 11.1 Å². The molecule has 1 N–H and O–H groups in total. The average Bonchev–Trinajstić information content (AvgIpc) is 3.17. The van der Waals surface area contributed by atoms with Gasteiger partial charge < -0.3 is 5.32 Å². The molecule has 0 radical (unpaired) electrons. The molecular formula is C22H17FN4O. The van der Waals surface area contributed by atoms with E-state index in [-0.39, 0.29) is 11.7 Å². The van der Waals surface area contributed by atoms with Gasteiger partial charge in [-0.1, -0.05) is 30.3 Å². The van der Waals surface area contributed by atoms with E-state index in [9.17, 15) is 9.18 Å². The molecule has 0 fully saturated rings. The first-order valence-electron chi connectivity index (χ1n) is 8.79. The summed E-state index contributed by atoms with van der Waals surface area (Å²) in [5.74, 6) is -0.0290. The third kappa shape index (κ3) is 3.81. The summed E-state index contributed by atoms with van der Waals surface area (Å²) in [6.07, 6.45) is 3.37. The number of benzene rings is 2. The molecule has 0 aliphatic rings. The van der Waals surface area contributed by atoms with Gasteiger partial charge in [-0.15, -0.1) is 0 Å². The van der Waals surface area contributed by atoms with Gasteiger partial charge in [0.05, 0.1) is 5.69 Å². The maximum Gasteiger partial charge on any atom is 0.280 e. The van der Waals surface area contributed by atoms with Gasteiger partial charge in [-0.25, -0.2) is 4.39 Å². The Kier molecular flexibility index (Phi) is 4.93. The van der Waals surface area contributed by atoms with Crippen LogP contribution in [0.3, 0.4) is 0 Å². The molecule has 0 saturated carbocycles. The lowest BCUT2D eigenvalue weighted by Crippen LogP contribution is -2.17. The molecule has 4 rings (SSSR count). The Morgan fingerprint density at radius 1 is 1.00 bits per heavy atom. The number of nitrogens with one attached hydrogen (secondary N) is 1. The van der Waals surface area contributed by atoms with Gasteiger partial charge in [0.15, 0.2) is 0 Å². The molecule has 2 heterocycles. The maximum absolute atomic E-state index is 13.4. The third-order valence-electron chi connectivity index (χ3n) is 4.24. The second kappa shape index (κ2) is 7.84. The van der Waals surface area contributed by atoms with Gasteiger partial charge in [0.25, 0.3) is 5.91 Å². The Labute approximate surface area is 161 Å². The number of rotatable bonds is 5. The van der Waals surface area contributed by atoms with Crippen molar-refractivity contribution in [3.63, 3.8) is 0 Å². The van der Waals surface area contributed by atoms with Crippen LogP contribution in [0.25, 0.3) is 11.3 Å². The topological polar surface area (TPSA) is 59.8 Å². The lowest BCUT2D eigenvalue weighted by molar-refractivity contribution is 0.0948. The standard InChI is InChI=1S/C22H17FN4O/c23-19-10-4-6-16(12-19)14-25-21-13-20(18-9-5-11-24-15-18)26-27(21)22(28)17-7-2-1-3-8-17/h1-13,15,25H,14H2. The monoisotopic (exact) mass is 372 g/mol. The molecular weight excluding hydrogens is 355 g/mol. The highest BCUT2D eigenvalue weighted by molar-refractivity contribution is 5.97. The van der Waals surface area contributed by atoms with Gasteiger partial charge in [-0.2, -0.15) is 9.78 Å². The van der Waals surface area contributed by atoms with E-state index >= 15 is 0 Å². The van der Waals surface area contributed by atoms with E-state index in [1.807, 2.05) is 24.3 Å². The zero-order valence-electron chi connectivity index (χ0n) is 14.9. The SMILES string of the molecule is O=C(c1ccccc1)n1nc(-c2cccnc2)cc1NCc1cccc(F)c1. The largest absolute Gasteiger partial charge is 0.366 e. The van der Waals surface area contributed by atoms with E-state index in [1.165, 1.54) is 16.8 Å². The number of hydrogen-bond acceptors (Lipinski definition) is 4. The van der Waals surface area contributed by atoms with Gasteiger partial charge in [0.1, 0.15) is 11.6 Å². The van der Waals surface area contributed by atoms with Gasteiger partial charge in [-0.05, 0) is 42.0 Å². The minimum atomic E-state index is -0.302. The Morgan fingerprint density at radius 3 is 2.61 bits per heavy atom. The van der Waals surface area contributed by atoms with Crippen molar-refractivity contribution in [2.75, 3.05) is 5.32 Å². The minimum absolute atomic E-state index is 0.252. The second-order valence-corrected chi connectivity index (χ2v) is 6.22. The molecule has 138 valence electrons. The number of carbonyl (C=O) groups excluding carboxylic acids is 1. The molecule has 0 amide bonds. The van der Waals surface area contributed by atoms with Crippen LogP contribution in [-0.2, 0) is 6.54 Å². The Bertz CT molecular complexity index is 1090. The highest BCUT2D eigenvalue weighted by Gasteiger charge is 2.17. The average molecular weight is 372 g/mol. The predicted octanol–water partition coefficient (Wildman–Crippen LogP) is 4.38. The fraction of sp³-hybridized carbons (Fsp3) is 0.0455. The van der Waals surface area contributed by atoms with Crippen LogP contribution in [0.5, 0.6) is 0 Å². The van der Waals surface area contributed by atoms with Crippen LogP contribution < -0.4 is 5.32 Å². The van der Waals surface area contributed by atoms with Crippen molar-refractivity contribution in [2.45, 2.75) is 6.54 Å². The van der Waals surface area contributed by atoms with Crippen molar-refractivity contribution >= 4 is 11.7 Å². The van der Waals surface area contributed by atoms with Gasteiger partial charge in [-0.3, -0.25) is 9.78 Å². The summed E-state index contributed by atoms with van der Waals surface area (Å²) in [6.45, 7) is 0.359. The Morgan fingerprint density at radius 2 is 1.86 bits per heavy atom. The molecule has 2 aromatic carbocycles. The summed E-state index contributed by atoms with van der Waals surface area (Å²) >= 11 is 0. The predicted molar refractivity (Wildman–Crippen MR) is 105 cm³/mol. The quantitative estimate of drug-likeness (QED) is 0.565. The lowest BCUT2D eigenvalue weighted by Gasteiger charge is -2.09. The molecule has 4 aromatic rings. The summed E-state index contributed by atoms with van der Waals surface area (Å²) in [7, 11) is 0. The number of anilines is 1. The van der Waals surface area contributed by atoms with Crippen LogP contribution in [0.2, 0.25) is 0 Å². The smallest absolute Gasteiger partial charge is 0.280 e. The second-order valence-electron chi connectivity index (χ2n) is 6.22. The van der Waals surface area contributed by atoms with Crippen LogP contribution in [-0.4, -0.2) is 20.7 Å². The Hall–Kier alpha value is -3.80. The molecule has 0 saturated heterocycles. The van der Waals surface area contributed by atoms with Gasteiger partial charge in [0, 0.05) is 36.1 Å². The van der Waals surface area contributed by atoms with E-state index in [4.69, 9.17) is 0 Å². The van der Waals surface area contributed by atoms with Crippen LogP contribution >= 0.6 is 0 Å². The molecule has 0 aliphatic heterocycles. The fourth-order valence-corrected chi connectivity index (χ4v) is 2.86. The summed E-state index contributed by atoms with van der Waals surface area (Å²) < 4.78 is 14.8. The fourth-order valence-electron chi connectivity index (χ4n) is 2.86. The summed E-state index contributed by atoms with van der Waals surface area (Å²) in [4.78, 5) is 17.1. The van der Waals surface area contributed by atoms with Crippen molar-refractivity contribution < 1.29 is 9.18 Å². The van der Waals surface area contributed by atoms with Crippen LogP contribution in [0, 0.1) is 5.82 Å². The number of nitrogens with zero attached hydrogens (tertiary/aromatic N) is 3. The molecule has 0 spiro atoms. The summed E-state index contributed by atoms with van der Waals surface area (Å²) in [5.41, 5.74) is 2.72. The maximum atomic E-state index is 13.4. The van der Waals surface area contributed by atoms with Crippen LogP contribution in [0.15, 0.2) is 85.2 Å². The van der Waals surface area contributed by atoms with Crippen molar-refractivity contribution in [3.8, 4) is 11.3 Å². The molecule has 5 nitrogen and oxygen atoms in total. The molecule has 2 aromatic heterocycles. The van der Waals surface area contributed by atoms with Crippen molar-refractivity contribution in [1.29, 1.82) is 0 Å². The third-order valence-corrected chi connectivity index (χ3v) is 4.24. The number of pyridine rings is 1. The van der Waals surface area contributed by atoms with Crippen LogP contribution in [0.1, 0.15) is 15.9 Å². The molecule has 0 bridgehead atoms. The summed E-state index contributed by atoms with van der Waals surface area (Å²) in [6, 6.07) is 20.7. The highest BCUT2D eigenvalue weighted by atomic mass is 19.1. The molecule has 0 unspecified atom stereocenters. The molecule has 28 heavy (non-hydrogen) atoms. The first-order valence-corrected chi connectivity index (χ1v) is 8.79. The number of aromatic nitrogens is 3. The number of carbonyl (C=O) groups is 1. The summed E-state index contributed by atoms with van der Waals surface area (Å²) in [5, 5.41) is 7.67. The van der Waals surface area contributed by atoms with Gasteiger partial charge in [0.2, 0.25) is 0 Å². The van der Waals surface area contributed by atoms with Gasteiger partial charge >= 0.3 is 0 Å². The van der Waals surface area contributed by atoms with Crippen molar-refractivity contribution in [1.82, 2.24) is 14.8 Å². The zero-order valence-corrected chi connectivity index (χ0v) is 14.9. The molecule has 0 atom stereocenters. The van der Waals surface area contributed by atoms with Crippen molar-refractivity contribution in [2.24, 2.45) is 0 Å². The van der Waals surface area contributed by atoms with E-state index in [2.05, 4.69) is 15.4 Å². The number of halogens is 1. The molecule has 0 aliphatic carbocycles. The van der Waals surface area contributed by atoms with Crippen LogP contribution in [0.4, 0.5) is 10.2 Å². The first-order chi connectivity index (χ1) is 13.7. The number of hydrogen-bond donors (Lipinski definition) is 1. The lowest BCUT2D eigenvalue weighted by atomic mass is 10.2. The van der Waals surface area contributed by atoms with E-state index in [1.54, 1.807) is 48.8 Å².